The molecule has 0 atom stereocenters. The van der Waals surface area contributed by atoms with Crippen LogP contribution in [-0.2, 0) is 0 Å². The molecule has 1 amide bonds. The molecule has 8 heteroatoms. The number of fused-ring (bicyclic) bond motifs is 1. The number of benzene rings is 3. The standard InChI is InChI=1S/C26H17Cl2FN4O/c1-30-26(34)18-14-19-24(15-10-12-16(27)13-11-15)33(22-9-5-3-7-20(22)28)32-25(19)31-23(18)17-6-2-4-8-21(17)29/h2-14H,1H3,(H,30,34). The van der Waals surface area contributed by atoms with E-state index < -0.39 is 5.82 Å². The Morgan fingerprint density at radius 2 is 1.68 bits per heavy atom. The summed E-state index contributed by atoms with van der Waals surface area (Å²) >= 11 is 12.6. The van der Waals surface area contributed by atoms with Crippen LogP contribution in [0.25, 0.3) is 39.2 Å². The maximum absolute atomic E-state index is 14.7. The summed E-state index contributed by atoms with van der Waals surface area (Å²) in [7, 11) is 1.52. The van der Waals surface area contributed by atoms with Gasteiger partial charge >= 0.3 is 0 Å². The van der Waals surface area contributed by atoms with Gasteiger partial charge in [-0.05, 0) is 42.5 Å². The minimum atomic E-state index is -0.483. The Morgan fingerprint density at radius 3 is 2.38 bits per heavy atom. The van der Waals surface area contributed by atoms with E-state index in [1.807, 2.05) is 30.3 Å². The highest BCUT2D eigenvalue weighted by Gasteiger charge is 2.23. The first-order valence-corrected chi connectivity index (χ1v) is 11.1. The van der Waals surface area contributed by atoms with Crippen molar-refractivity contribution in [2.45, 2.75) is 0 Å². The van der Waals surface area contributed by atoms with Crippen LogP contribution in [0.4, 0.5) is 4.39 Å². The second-order valence-corrected chi connectivity index (χ2v) is 8.38. The second-order valence-electron chi connectivity index (χ2n) is 7.53. The van der Waals surface area contributed by atoms with E-state index in [9.17, 15) is 9.18 Å². The predicted octanol–water partition coefficient (Wildman–Crippen LogP) is 6.56. The van der Waals surface area contributed by atoms with Crippen molar-refractivity contribution in [3.63, 3.8) is 0 Å². The van der Waals surface area contributed by atoms with Crippen molar-refractivity contribution in [1.29, 1.82) is 0 Å². The molecule has 3 aromatic carbocycles. The monoisotopic (exact) mass is 490 g/mol. The summed E-state index contributed by atoms with van der Waals surface area (Å²) in [6.45, 7) is 0. The highest BCUT2D eigenvalue weighted by atomic mass is 35.5. The number of hydrogen-bond acceptors (Lipinski definition) is 3. The maximum atomic E-state index is 14.7. The van der Waals surface area contributed by atoms with Gasteiger partial charge in [-0.25, -0.2) is 14.1 Å². The Kier molecular flexibility index (Phi) is 5.77. The topological polar surface area (TPSA) is 59.8 Å². The second kappa shape index (κ2) is 8.89. The lowest BCUT2D eigenvalue weighted by atomic mass is 10.0. The molecule has 1 N–H and O–H groups in total. The first-order valence-electron chi connectivity index (χ1n) is 10.4. The SMILES string of the molecule is CNC(=O)c1cc2c(-c3ccc(Cl)cc3)n(-c3ccccc3Cl)nc2nc1-c1ccccc1F. The summed E-state index contributed by atoms with van der Waals surface area (Å²) in [5, 5.41) is 9.03. The summed E-state index contributed by atoms with van der Waals surface area (Å²) in [4.78, 5) is 17.5. The molecular weight excluding hydrogens is 474 g/mol. The predicted molar refractivity (Wildman–Crippen MR) is 133 cm³/mol. The van der Waals surface area contributed by atoms with Crippen molar-refractivity contribution in [3.8, 4) is 28.2 Å². The Hall–Kier alpha value is -3.74. The number of carbonyl (C=O) groups excluding carboxylic acids is 1. The van der Waals surface area contributed by atoms with E-state index in [-0.39, 0.29) is 22.7 Å². The lowest BCUT2D eigenvalue weighted by molar-refractivity contribution is 0.0963. The van der Waals surface area contributed by atoms with Gasteiger partial charge in [0.15, 0.2) is 5.65 Å². The van der Waals surface area contributed by atoms with Gasteiger partial charge in [0.1, 0.15) is 5.82 Å². The molecule has 5 nitrogen and oxygen atoms in total. The van der Waals surface area contributed by atoms with Gasteiger partial charge < -0.3 is 5.32 Å². The number of para-hydroxylation sites is 1. The van der Waals surface area contributed by atoms with Gasteiger partial charge in [-0.15, -0.1) is 5.10 Å². The molecular formula is C26H17Cl2FN4O. The number of amides is 1. The summed E-state index contributed by atoms with van der Waals surface area (Å²) in [5.41, 5.74) is 3.11. The van der Waals surface area contributed by atoms with E-state index in [1.165, 1.54) is 13.1 Å². The van der Waals surface area contributed by atoms with Crippen LogP contribution in [0.5, 0.6) is 0 Å². The van der Waals surface area contributed by atoms with Crippen LogP contribution in [0.15, 0.2) is 78.9 Å². The fourth-order valence-corrected chi connectivity index (χ4v) is 4.20. The van der Waals surface area contributed by atoms with Gasteiger partial charge in [0.25, 0.3) is 5.91 Å². The molecule has 0 bridgehead atoms. The van der Waals surface area contributed by atoms with Gasteiger partial charge in [0.2, 0.25) is 0 Å². The van der Waals surface area contributed by atoms with Crippen molar-refractivity contribution < 1.29 is 9.18 Å². The van der Waals surface area contributed by atoms with E-state index in [0.717, 1.165) is 5.56 Å². The van der Waals surface area contributed by atoms with E-state index in [4.69, 9.17) is 28.3 Å². The smallest absolute Gasteiger partial charge is 0.253 e. The highest BCUT2D eigenvalue weighted by Crippen LogP contribution is 2.36. The molecule has 0 spiro atoms. The van der Waals surface area contributed by atoms with Crippen LogP contribution >= 0.6 is 23.2 Å². The van der Waals surface area contributed by atoms with Crippen LogP contribution < -0.4 is 5.32 Å². The van der Waals surface area contributed by atoms with Crippen molar-refractivity contribution in [2.24, 2.45) is 0 Å². The average molecular weight is 491 g/mol. The van der Waals surface area contributed by atoms with E-state index in [1.54, 1.807) is 47.1 Å². The molecule has 0 radical (unpaired) electrons. The zero-order valence-corrected chi connectivity index (χ0v) is 19.4. The zero-order valence-electron chi connectivity index (χ0n) is 17.9. The van der Waals surface area contributed by atoms with E-state index in [2.05, 4.69) is 10.3 Å². The number of halogens is 3. The van der Waals surface area contributed by atoms with Crippen molar-refractivity contribution >= 4 is 40.1 Å². The zero-order chi connectivity index (χ0) is 23.8. The molecule has 5 aromatic rings. The molecule has 34 heavy (non-hydrogen) atoms. The largest absolute Gasteiger partial charge is 0.355 e. The molecule has 0 unspecified atom stereocenters. The fraction of sp³-hybridized carbons (Fsp3) is 0.0385. The quantitative estimate of drug-likeness (QED) is 0.310. The summed E-state index contributed by atoms with van der Waals surface area (Å²) in [6.07, 6.45) is 0. The Morgan fingerprint density at radius 1 is 0.971 bits per heavy atom. The Balaban J connectivity index is 1.88. The molecule has 2 aromatic heterocycles. The first kappa shape index (κ1) is 22.1. The van der Waals surface area contributed by atoms with Crippen molar-refractivity contribution in [2.75, 3.05) is 7.05 Å². The van der Waals surface area contributed by atoms with Gasteiger partial charge in [-0.3, -0.25) is 4.79 Å². The van der Waals surface area contributed by atoms with E-state index in [0.29, 0.717) is 32.5 Å². The summed E-state index contributed by atoms with van der Waals surface area (Å²) < 4.78 is 16.4. The van der Waals surface area contributed by atoms with Crippen molar-refractivity contribution in [1.82, 2.24) is 20.1 Å². The summed E-state index contributed by atoms with van der Waals surface area (Å²) in [5.74, 6) is -0.872. The highest BCUT2D eigenvalue weighted by molar-refractivity contribution is 6.32. The van der Waals surface area contributed by atoms with Gasteiger partial charge in [-0.1, -0.05) is 59.6 Å². The minimum absolute atomic E-state index is 0.205. The molecule has 5 rings (SSSR count). The van der Waals surface area contributed by atoms with E-state index >= 15 is 0 Å². The molecule has 0 aliphatic rings. The molecule has 0 fully saturated rings. The van der Waals surface area contributed by atoms with Gasteiger partial charge in [-0.2, -0.15) is 0 Å². The number of rotatable bonds is 4. The number of pyridine rings is 1. The third-order valence-corrected chi connectivity index (χ3v) is 6.03. The van der Waals surface area contributed by atoms with Crippen molar-refractivity contribution in [3.05, 3.63) is 100 Å². The van der Waals surface area contributed by atoms with Gasteiger partial charge in [0.05, 0.1) is 27.7 Å². The minimum Gasteiger partial charge on any atom is -0.355 e. The number of aromatic nitrogens is 3. The third kappa shape index (κ3) is 3.81. The molecule has 0 saturated carbocycles. The lowest BCUT2D eigenvalue weighted by Gasteiger charge is -2.11. The normalized spacial score (nSPS) is 11.1. The van der Waals surface area contributed by atoms with Crippen LogP contribution in [0.2, 0.25) is 10.0 Å². The fourth-order valence-electron chi connectivity index (χ4n) is 3.86. The molecule has 0 saturated heterocycles. The number of carbonyl (C=O) groups is 1. The van der Waals surface area contributed by atoms with Crippen LogP contribution in [0, 0.1) is 5.82 Å². The number of hydrogen-bond donors (Lipinski definition) is 1. The van der Waals surface area contributed by atoms with Crippen LogP contribution in [-0.4, -0.2) is 27.7 Å². The Labute approximate surface area is 204 Å². The van der Waals surface area contributed by atoms with Crippen LogP contribution in [0.1, 0.15) is 10.4 Å². The molecule has 168 valence electrons. The average Bonchev–Trinajstić information content (AvgIpc) is 3.22. The lowest BCUT2D eigenvalue weighted by Crippen LogP contribution is -2.19. The summed E-state index contributed by atoms with van der Waals surface area (Å²) in [6, 6.07) is 22.4. The molecule has 0 aliphatic heterocycles. The first-order chi connectivity index (χ1) is 16.5. The third-order valence-electron chi connectivity index (χ3n) is 5.46. The van der Waals surface area contributed by atoms with Gasteiger partial charge in [0, 0.05) is 28.6 Å². The number of nitrogens with one attached hydrogen (secondary N) is 1. The Bertz CT molecular complexity index is 1550. The number of nitrogens with zero attached hydrogens (tertiary/aromatic N) is 3. The van der Waals surface area contributed by atoms with Crippen LogP contribution in [0.3, 0.4) is 0 Å². The maximum Gasteiger partial charge on any atom is 0.253 e. The molecule has 2 heterocycles. The molecule has 0 aliphatic carbocycles.